The molecule has 0 N–H and O–H groups in total. The molecule has 2 aliphatic rings. The van der Waals surface area contributed by atoms with Gasteiger partial charge in [0, 0.05) is 18.0 Å². The normalized spacial score (nSPS) is 26.3. The SMILES string of the molecule is CCc1ccc([C@@H]2[C@H](c3ccccn3)N=C3S[C@H](C)CN32)cc1. The summed E-state index contributed by atoms with van der Waals surface area (Å²) in [5.41, 5.74) is 3.78. The highest BCUT2D eigenvalue weighted by molar-refractivity contribution is 8.14. The molecule has 0 spiro atoms. The molecule has 4 heteroatoms. The smallest absolute Gasteiger partial charge is 0.160 e. The van der Waals surface area contributed by atoms with E-state index in [1.165, 1.54) is 16.3 Å². The van der Waals surface area contributed by atoms with Crippen LogP contribution in [0.5, 0.6) is 0 Å². The van der Waals surface area contributed by atoms with Gasteiger partial charge < -0.3 is 4.90 Å². The van der Waals surface area contributed by atoms with Gasteiger partial charge in [-0.15, -0.1) is 0 Å². The van der Waals surface area contributed by atoms with E-state index >= 15 is 0 Å². The Hall–Kier alpha value is -1.81. The minimum Gasteiger partial charge on any atom is -0.341 e. The molecule has 0 aliphatic carbocycles. The van der Waals surface area contributed by atoms with Crippen LogP contribution in [0.3, 0.4) is 0 Å². The number of aliphatic imine (C=N–C) groups is 1. The first-order chi connectivity index (χ1) is 11.3. The van der Waals surface area contributed by atoms with Crippen LogP contribution in [0.2, 0.25) is 0 Å². The Labute approximate surface area is 141 Å². The molecule has 1 saturated heterocycles. The van der Waals surface area contributed by atoms with Gasteiger partial charge in [-0.25, -0.2) is 0 Å². The van der Waals surface area contributed by atoms with Crippen molar-refractivity contribution >= 4 is 16.9 Å². The van der Waals surface area contributed by atoms with Gasteiger partial charge in [-0.1, -0.05) is 55.9 Å². The van der Waals surface area contributed by atoms with E-state index in [0.29, 0.717) is 5.25 Å². The highest BCUT2D eigenvalue weighted by Gasteiger charge is 2.43. The van der Waals surface area contributed by atoms with Crippen molar-refractivity contribution in [3.05, 3.63) is 65.5 Å². The Morgan fingerprint density at radius 2 is 2.00 bits per heavy atom. The van der Waals surface area contributed by atoms with Crippen molar-refractivity contribution in [1.82, 2.24) is 9.88 Å². The Morgan fingerprint density at radius 3 is 2.70 bits per heavy atom. The third kappa shape index (κ3) is 2.65. The predicted molar refractivity (Wildman–Crippen MR) is 96.7 cm³/mol. The zero-order valence-electron chi connectivity index (χ0n) is 13.5. The molecule has 1 fully saturated rings. The number of fused-ring (bicyclic) bond motifs is 1. The molecule has 4 rings (SSSR count). The van der Waals surface area contributed by atoms with Crippen LogP contribution in [-0.2, 0) is 6.42 Å². The second-order valence-electron chi connectivity index (χ2n) is 6.23. The van der Waals surface area contributed by atoms with Crippen LogP contribution in [0.25, 0.3) is 0 Å². The van der Waals surface area contributed by atoms with E-state index in [4.69, 9.17) is 4.99 Å². The number of aryl methyl sites for hydroxylation is 1. The number of pyridine rings is 1. The molecule has 2 aromatic rings. The Balaban J connectivity index is 1.74. The molecule has 118 valence electrons. The van der Waals surface area contributed by atoms with Gasteiger partial charge in [0.2, 0.25) is 0 Å². The van der Waals surface area contributed by atoms with Crippen molar-refractivity contribution in [1.29, 1.82) is 0 Å². The molecule has 0 radical (unpaired) electrons. The highest BCUT2D eigenvalue weighted by Crippen LogP contribution is 2.47. The lowest BCUT2D eigenvalue weighted by molar-refractivity contribution is 0.321. The average molecular weight is 323 g/mol. The van der Waals surface area contributed by atoms with Gasteiger partial charge in [-0.2, -0.15) is 0 Å². The number of amidine groups is 1. The molecule has 0 saturated carbocycles. The first kappa shape index (κ1) is 14.8. The Kier molecular flexibility index (Phi) is 3.85. The molecule has 2 aliphatic heterocycles. The van der Waals surface area contributed by atoms with Crippen molar-refractivity contribution in [2.24, 2.45) is 4.99 Å². The van der Waals surface area contributed by atoms with Crippen molar-refractivity contribution in [3.63, 3.8) is 0 Å². The van der Waals surface area contributed by atoms with Crippen molar-refractivity contribution in [3.8, 4) is 0 Å². The summed E-state index contributed by atoms with van der Waals surface area (Å²) in [4.78, 5) is 12.1. The van der Waals surface area contributed by atoms with Crippen LogP contribution in [0.1, 0.15) is 42.8 Å². The largest absolute Gasteiger partial charge is 0.341 e. The summed E-state index contributed by atoms with van der Waals surface area (Å²) in [5, 5.41) is 1.79. The van der Waals surface area contributed by atoms with Gasteiger partial charge in [0.25, 0.3) is 0 Å². The van der Waals surface area contributed by atoms with Crippen LogP contribution >= 0.6 is 11.8 Å². The van der Waals surface area contributed by atoms with E-state index in [2.05, 4.69) is 60.1 Å². The summed E-state index contributed by atoms with van der Waals surface area (Å²) in [6.45, 7) is 5.53. The fraction of sp³-hybridized carbons (Fsp3) is 0.368. The van der Waals surface area contributed by atoms with E-state index in [0.717, 1.165) is 18.7 Å². The summed E-state index contributed by atoms with van der Waals surface area (Å²) in [5.74, 6) is 0. The molecule has 23 heavy (non-hydrogen) atoms. The second-order valence-corrected chi connectivity index (χ2v) is 7.64. The monoisotopic (exact) mass is 323 g/mol. The van der Waals surface area contributed by atoms with E-state index in [1.807, 2.05) is 24.0 Å². The fourth-order valence-corrected chi connectivity index (χ4v) is 4.52. The molecule has 3 atom stereocenters. The van der Waals surface area contributed by atoms with Crippen LogP contribution < -0.4 is 0 Å². The Morgan fingerprint density at radius 1 is 1.17 bits per heavy atom. The topological polar surface area (TPSA) is 28.5 Å². The standard InChI is InChI=1S/C19H21N3S/c1-3-14-7-9-15(10-8-14)18-17(16-6-4-5-11-20-16)21-19-22(18)12-13(2)23-19/h4-11,13,17-18H,3,12H2,1-2H3/t13-,17+,18-/m1/s1. The summed E-state index contributed by atoms with van der Waals surface area (Å²) < 4.78 is 0. The molecular weight excluding hydrogens is 302 g/mol. The number of benzene rings is 1. The number of rotatable bonds is 3. The first-order valence-corrected chi connectivity index (χ1v) is 9.15. The summed E-state index contributed by atoms with van der Waals surface area (Å²) in [7, 11) is 0. The zero-order valence-corrected chi connectivity index (χ0v) is 14.3. The molecule has 0 unspecified atom stereocenters. The maximum atomic E-state index is 5.01. The predicted octanol–water partition coefficient (Wildman–Crippen LogP) is 4.23. The first-order valence-electron chi connectivity index (χ1n) is 8.27. The van der Waals surface area contributed by atoms with Crippen molar-refractivity contribution in [2.75, 3.05) is 6.54 Å². The lowest BCUT2D eigenvalue weighted by Gasteiger charge is -2.27. The van der Waals surface area contributed by atoms with Gasteiger partial charge in [0.1, 0.15) is 6.04 Å². The van der Waals surface area contributed by atoms with E-state index < -0.39 is 0 Å². The number of thioether (sulfide) groups is 1. The Bertz CT molecular complexity index is 711. The molecular formula is C19H21N3S. The lowest BCUT2D eigenvalue weighted by Crippen LogP contribution is -2.28. The van der Waals surface area contributed by atoms with Gasteiger partial charge in [0.05, 0.1) is 11.7 Å². The lowest BCUT2D eigenvalue weighted by atomic mass is 9.95. The van der Waals surface area contributed by atoms with E-state index in [1.54, 1.807) is 0 Å². The molecule has 3 nitrogen and oxygen atoms in total. The number of hydrogen-bond donors (Lipinski definition) is 0. The maximum Gasteiger partial charge on any atom is 0.160 e. The highest BCUT2D eigenvalue weighted by atomic mass is 32.2. The number of aromatic nitrogens is 1. The number of nitrogens with zero attached hydrogens (tertiary/aromatic N) is 3. The van der Waals surface area contributed by atoms with E-state index in [-0.39, 0.29) is 12.1 Å². The maximum absolute atomic E-state index is 5.01. The third-order valence-corrected chi connectivity index (χ3v) is 5.71. The van der Waals surface area contributed by atoms with Crippen LogP contribution in [0.4, 0.5) is 0 Å². The third-order valence-electron chi connectivity index (χ3n) is 4.61. The second kappa shape index (κ2) is 6.00. The minimum atomic E-state index is 0.0960. The van der Waals surface area contributed by atoms with Crippen molar-refractivity contribution in [2.45, 2.75) is 37.6 Å². The van der Waals surface area contributed by atoms with Crippen molar-refractivity contribution < 1.29 is 0 Å². The zero-order chi connectivity index (χ0) is 15.8. The summed E-state index contributed by atoms with van der Waals surface area (Å²) in [6.07, 6.45) is 2.94. The molecule has 0 amide bonds. The van der Waals surface area contributed by atoms with E-state index in [9.17, 15) is 0 Å². The van der Waals surface area contributed by atoms with Crippen LogP contribution in [-0.4, -0.2) is 26.8 Å². The fourth-order valence-electron chi connectivity index (χ4n) is 3.43. The van der Waals surface area contributed by atoms with Gasteiger partial charge in [-0.3, -0.25) is 9.98 Å². The molecule has 0 bridgehead atoms. The van der Waals surface area contributed by atoms with Gasteiger partial charge >= 0.3 is 0 Å². The van der Waals surface area contributed by atoms with Gasteiger partial charge in [0.15, 0.2) is 5.17 Å². The van der Waals surface area contributed by atoms with Crippen LogP contribution in [0, 0.1) is 0 Å². The molecule has 1 aromatic carbocycles. The summed E-state index contributed by atoms with van der Waals surface area (Å²) in [6, 6.07) is 15.5. The average Bonchev–Trinajstić information content (AvgIpc) is 3.11. The van der Waals surface area contributed by atoms with Gasteiger partial charge in [-0.05, 0) is 29.7 Å². The minimum absolute atomic E-state index is 0.0960. The molecule has 3 heterocycles. The summed E-state index contributed by atoms with van der Waals surface area (Å²) >= 11 is 1.89. The molecule has 1 aromatic heterocycles. The van der Waals surface area contributed by atoms with Crippen LogP contribution in [0.15, 0.2) is 53.7 Å². The quantitative estimate of drug-likeness (QED) is 0.846. The number of hydrogen-bond acceptors (Lipinski definition) is 4.